The number of aromatic carboxylic acids is 1. The van der Waals surface area contributed by atoms with E-state index in [-0.39, 0.29) is 11.6 Å². The van der Waals surface area contributed by atoms with Crippen molar-refractivity contribution in [1.29, 1.82) is 0 Å². The minimum atomic E-state index is -1.03. The molecule has 2 aromatic heterocycles. The predicted octanol–water partition coefficient (Wildman–Crippen LogP) is -0.380. The Morgan fingerprint density at radius 1 is 1.43 bits per heavy atom. The minimum Gasteiger partial charge on any atom is -0.476 e. The molecule has 1 saturated heterocycles. The Bertz CT molecular complexity index is 642. The molecule has 21 heavy (non-hydrogen) atoms. The molecule has 0 aliphatic carbocycles. The highest BCUT2D eigenvalue weighted by Crippen LogP contribution is 2.27. The van der Waals surface area contributed by atoms with Crippen LogP contribution >= 0.6 is 0 Å². The van der Waals surface area contributed by atoms with Crippen LogP contribution in [0.15, 0.2) is 6.33 Å². The fourth-order valence-corrected chi connectivity index (χ4v) is 2.67. The van der Waals surface area contributed by atoms with Crippen molar-refractivity contribution in [2.75, 3.05) is 13.1 Å². The smallest absolute Gasteiger partial charge is 0.358 e. The summed E-state index contributed by atoms with van der Waals surface area (Å²) < 4.78 is 3.43. The van der Waals surface area contributed by atoms with Crippen molar-refractivity contribution in [2.45, 2.75) is 25.3 Å². The van der Waals surface area contributed by atoms with Crippen LogP contribution in [-0.4, -0.2) is 53.9 Å². The summed E-state index contributed by atoms with van der Waals surface area (Å²) in [4.78, 5) is 11.4. The van der Waals surface area contributed by atoms with Crippen LogP contribution in [0.1, 0.15) is 40.8 Å². The fraction of sp³-hybridized carbons (Fsp3) is 0.583. The lowest BCUT2D eigenvalue weighted by atomic mass is 9.93. The second-order valence-corrected chi connectivity index (χ2v) is 5.17. The average Bonchev–Trinajstić information content (AvgIpc) is 3.07. The zero-order chi connectivity index (χ0) is 14.8. The van der Waals surface area contributed by atoms with Crippen LogP contribution in [0.5, 0.6) is 0 Å². The largest absolute Gasteiger partial charge is 0.476 e. The molecule has 0 amide bonds. The van der Waals surface area contributed by atoms with Gasteiger partial charge >= 0.3 is 5.97 Å². The number of nitrogens with zero attached hydrogens (tertiary/aromatic N) is 6. The highest BCUT2D eigenvalue weighted by molar-refractivity contribution is 5.86. The molecule has 1 aliphatic rings. The number of carbonyl (C=O) groups is 1. The van der Waals surface area contributed by atoms with Crippen LogP contribution in [0, 0.1) is 0 Å². The van der Waals surface area contributed by atoms with Crippen molar-refractivity contribution in [2.24, 2.45) is 7.05 Å². The van der Waals surface area contributed by atoms with E-state index in [9.17, 15) is 9.90 Å². The molecular formula is C12H17N7O2. The third kappa shape index (κ3) is 2.64. The fourth-order valence-electron chi connectivity index (χ4n) is 2.67. The minimum absolute atomic E-state index is 0.0454. The molecule has 3 heterocycles. The Morgan fingerprint density at radius 2 is 2.19 bits per heavy atom. The van der Waals surface area contributed by atoms with E-state index < -0.39 is 5.97 Å². The summed E-state index contributed by atoms with van der Waals surface area (Å²) >= 11 is 0. The molecule has 9 nitrogen and oxygen atoms in total. The highest BCUT2D eigenvalue weighted by atomic mass is 16.4. The van der Waals surface area contributed by atoms with Gasteiger partial charge in [0, 0.05) is 13.0 Å². The number of carboxylic acids is 1. The third-order valence-corrected chi connectivity index (χ3v) is 3.80. The van der Waals surface area contributed by atoms with Crippen molar-refractivity contribution >= 4 is 5.97 Å². The molecule has 2 aromatic rings. The van der Waals surface area contributed by atoms with Crippen molar-refractivity contribution in [3.8, 4) is 0 Å². The number of nitrogens with one attached hydrogen (secondary N) is 1. The van der Waals surface area contributed by atoms with Crippen molar-refractivity contribution in [1.82, 2.24) is 35.1 Å². The Morgan fingerprint density at radius 3 is 2.81 bits per heavy atom. The van der Waals surface area contributed by atoms with E-state index in [1.54, 1.807) is 15.6 Å². The van der Waals surface area contributed by atoms with E-state index in [0.717, 1.165) is 25.9 Å². The lowest BCUT2D eigenvalue weighted by Gasteiger charge is -2.23. The van der Waals surface area contributed by atoms with Gasteiger partial charge in [0.15, 0.2) is 11.5 Å². The first kappa shape index (κ1) is 13.7. The summed E-state index contributed by atoms with van der Waals surface area (Å²) in [5.74, 6) is -0.166. The molecule has 0 aromatic carbocycles. The van der Waals surface area contributed by atoms with Crippen molar-refractivity contribution in [3.05, 3.63) is 23.5 Å². The van der Waals surface area contributed by atoms with Crippen LogP contribution in [0.3, 0.4) is 0 Å². The maximum Gasteiger partial charge on any atom is 0.358 e. The summed E-state index contributed by atoms with van der Waals surface area (Å²) in [7, 11) is 1.84. The number of hydrogen-bond donors (Lipinski definition) is 2. The van der Waals surface area contributed by atoms with E-state index in [1.165, 1.54) is 0 Å². The van der Waals surface area contributed by atoms with Crippen LogP contribution in [-0.2, 0) is 13.6 Å². The standard InChI is InChI=1S/C12H17N7O2/c1-18-7-14-15-9(18)6-19-11(8-2-4-13-5-3-8)10(12(20)21)16-17-19/h7-8,13H,2-6H2,1H3,(H,20,21). The molecule has 0 unspecified atom stereocenters. The number of rotatable bonds is 4. The molecule has 2 N–H and O–H groups in total. The average molecular weight is 291 g/mol. The monoisotopic (exact) mass is 291 g/mol. The molecule has 1 aliphatic heterocycles. The molecule has 0 atom stereocenters. The first-order valence-electron chi connectivity index (χ1n) is 6.87. The van der Waals surface area contributed by atoms with Crippen LogP contribution in [0.4, 0.5) is 0 Å². The quantitative estimate of drug-likeness (QED) is 0.790. The molecule has 112 valence electrons. The lowest BCUT2D eigenvalue weighted by Crippen LogP contribution is -2.29. The molecular weight excluding hydrogens is 274 g/mol. The second-order valence-electron chi connectivity index (χ2n) is 5.17. The van der Waals surface area contributed by atoms with Gasteiger partial charge in [-0.3, -0.25) is 0 Å². The topological polar surface area (TPSA) is 111 Å². The van der Waals surface area contributed by atoms with Crippen molar-refractivity contribution in [3.63, 3.8) is 0 Å². The molecule has 3 rings (SSSR count). The van der Waals surface area contributed by atoms with Crippen molar-refractivity contribution < 1.29 is 9.90 Å². The molecule has 0 radical (unpaired) electrons. The summed E-state index contributed by atoms with van der Waals surface area (Å²) in [6.45, 7) is 2.12. The summed E-state index contributed by atoms with van der Waals surface area (Å²) in [6.07, 6.45) is 3.37. The maximum atomic E-state index is 11.4. The maximum absolute atomic E-state index is 11.4. The Balaban J connectivity index is 1.96. The third-order valence-electron chi connectivity index (χ3n) is 3.80. The van der Waals surface area contributed by atoms with Gasteiger partial charge in [-0.25, -0.2) is 9.48 Å². The normalized spacial score (nSPS) is 16.2. The Hall–Kier alpha value is -2.29. The van der Waals surface area contributed by atoms with E-state index in [4.69, 9.17) is 0 Å². The van der Waals surface area contributed by atoms with Gasteiger partial charge in [0.2, 0.25) is 0 Å². The van der Waals surface area contributed by atoms with Gasteiger partial charge in [-0.15, -0.1) is 15.3 Å². The molecule has 0 saturated carbocycles. The predicted molar refractivity (Wildman–Crippen MR) is 71.9 cm³/mol. The Kier molecular flexibility index (Phi) is 3.65. The number of aryl methyl sites for hydroxylation is 1. The van der Waals surface area contributed by atoms with E-state index >= 15 is 0 Å². The lowest BCUT2D eigenvalue weighted by molar-refractivity contribution is 0.0688. The molecule has 0 spiro atoms. The number of aromatic nitrogens is 6. The number of carboxylic acid groups (broad SMARTS) is 1. The summed E-state index contributed by atoms with van der Waals surface area (Å²) in [6, 6.07) is 0. The number of piperidine rings is 1. The van der Waals surface area contributed by atoms with Crippen LogP contribution in [0.2, 0.25) is 0 Å². The Labute approximate surface area is 121 Å². The van der Waals surface area contributed by atoms with Gasteiger partial charge in [0.05, 0.1) is 5.69 Å². The SMILES string of the molecule is Cn1cnnc1Cn1nnc(C(=O)O)c1C1CCNCC1. The van der Waals surface area contributed by atoms with Gasteiger partial charge in [0.25, 0.3) is 0 Å². The van der Waals surface area contributed by atoms with Gasteiger partial charge in [-0.05, 0) is 25.9 Å². The van der Waals surface area contributed by atoms with Gasteiger partial charge < -0.3 is 15.0 Å². The second kappa shape index (κ2) is 5.60. The van der Waals surface area contributed by atoms with Gasteiger partial charge in [0.1, 0.15) is 12.9 Å². The van der Waals surface area contributed by atoms with E-state index in [2.05, 4.69) is 25.8 Å². The summed E-state index contributed by atoms with van der Waals surface area (Å²) in [5, 5.41) is 28.3. The summed E-state index contributed by atoms with van der Waals surface area (Å²) in [5.41, 5.74) is 0.732. The zero-order valence-corrected chi connectivity index (χ0v) is 11.7. The van der Waals surface area contributed by atoms with Gasteiger partial charge in [-0.1, -0.05) is 5.21 Å². The van der Waals surface area contributed by atoms with Crippen LogP contribution in [0.25, 0.3) is 0 Å². The van der Waals surface area contributed by atoms with E-state index in [0.29, 0.717) is 18.1 Å². The highest BCUT2D eigenvalue weighted by Gasteiger charge is 2.28. The first-order valence-corrected chi connectivity index (χ1v) is 6.87. The first-order chi connectivity index (χ1) is 10.2. The number of hydrogen-bond acceptors (Lipinski definition) is 6. The van der Waals surface area contributed by atoms with Crippen LogP contribution < -0.4 is 5.32 Å². The van der Waals surface area contributed by atoms with E-state index in [1.807, 2.05) is 7.05 Å². The molecule has 0 bridgehead atoms. The van der Waals surface area contributed by atoms with Gasteiger partial charge in [-0.2, -0.15) is 0 Å². The zero-order valence-electron chi connectivity index (χ0n) is 11.7. The molecule has 9 heteroatoms. The molecule has 1 fully saturated rings.